The fraction of sp³-hybridized carbons (Fsp3) is 0.583. The van der Waals surface area contributed by atoms with Crippen LogP contribution >= 0.6 is 11.6 Å². The maximum Gasteiger partial charge on any atom is 0.213 e. The zero-order valence-electron chi connectivity index (χ0n) is 10.1. The minimum Gasteiger partial charge on any atom is -0.475 e. The Bertz CT molecular complexity index is 331. The van der Waals surface area contributed by atoms with Gasteiger partial charge in [-0.25, -0.2) is 4.98 Å². The molecule has 1 rings (SSSR count). The van der Waals surface area contributed by atoms with E-state index in [4.69, 9.17) is 16.3 Å². The Labute approximate surface area is 102 Å². The number of hydrogen-bond acceptors (Lipinski definition) is 3. The average Bonchev–Trinajstić information content (AvgIpc) is 2.24. The second kappa shape index (κ2) is 6.71. The van der Waals surface area contributed by atoms with Crippen LogP contribution in [0.25, 0.3) is 0 Å². The van der Waals surface area contributed by atoms with Crippen LogP contribution in [0.5, 0.6) is 5.88 Å². The van der Waals surface area contributed by atoms with Crippen molar-refractivity contribution in [3.8, 4) is 5.88 Å². The van der Waals surface area contributed by atoms with Crippen molar-refractivity contribution < 1.29 is 4.74 Å². The molecule has 4 heteroatoms. The number of halogens is 1. The van der Waals surface area contributed by atoms with Crippen LogP contribution in [0.2, 0.25) is 5.02 Å². The van der Waals surface area contributed by atoms with Crippen molar-refractivity contribution in [3.63, 3.8) is 0 Å². The Balaban J connectivity index is 2.70. The van der Waals surface area contributed by atoms with E-state index in [1.54, 1.807) is 6.20 Å². The monoisotopic (exact) mass is 242 g/mol. The summed E-state index contributed by atoms with van der Waals surface area (Å²) in [7, 11) is 1.89. The third kappa shape index (κ3) is 3.99. The van der Waals surface area contributed by atoms with Crippen LogP contribution in [0.3, 0.4) is 0 Å². The van der Waals surface area contributed by atoms with Crippen LogP contribution in [0, 0.1) is 0 Å². The maximum atomic E-state index is 6.01. The van der Waals surface area contributed by atoms with Crippen molar-refractivity contribution in [3.05, 3.63) is 22.8 Å². The molecule has 0 spiro atoms. The molecule has 1 heterocycles. The summed E-state index contributed by atoms with van der Waals surface area (Å²) in [4.78, 5) is 4.16. The summed E-state index contributed by atoms with van der Waals surface area (Å²) in [5.41, 5.74) is 1.01. The molecular formula is C12H19ClN2O. The van der Waals surface area contributed by atoms with Crippen molar-refractivity contribution in [1.82, 2.24) is 10.3 Å². The standard InChI is InChI=1S/C12H19ClN2O/c1-4-5-9(2)16-12-6-10(7-14-3)11(13)8-15-12/h6,8-9,14H,4-5,7H2,1-3H3. The fourth-order valence-corrected chi connectivity index (χ4v) is 1.69. The van der Waals surface area contributed by atoms with Gasteiger partial charge in [-0.15, -0.1) is 0 Å². The highest BCUT2D eigenvalue weighted by atomic mass is 35.5. The number of hydrogen-bond donors (Lipinski definition) is 1. The zero-order chi connectivity index (χ0) is 12.0. The lowest BCUT2D eigenvalue weighted by Crippen LogP contribution is -2.13. The van der Waals surface area contributed by atoms with E-state index in [9.17, 15) is 0 Å². The quantitative estimate of drug-likeness (QED) is 0.833. The first-order chi connectivity index (χ1) is 7.67. The van der Waals surface area contributed by atoms with E-state index in [0.717, 1.165) is 24.9 Å². The Hall–Kier alpha value is -0.800. The zero-order valence-corrected chi connectivity index (χ0v) is 10.8. The van der Waals surface area contributed by atoms with E-state index in [0.29, 0.717) is 10.9 Å². The second-order valence-electron chi connectivity index (χ2n) is 3.86. The number of nitrogens with one attached hydrogen (secondary N) is 1. The van der Waals surface area contributed by atoms with Crippen molar-refractivity contribution in [2.45, 2.75) is 39.3 Å². The molecule has 1 aromatic rings. The van der Waals surface area contributed by atoms with Crippen molar-refractivity contribution in [1.29, 1.82) is 0 Å². The van der Waals surface area contributed by atoms with Gasteiger partial charge in [0.1, 0.15) is 0 Å². The molecule has 0 aliphatic heterocycles. The molecular weight excluding hydrogens is 224 g/mol. The molecule has 0 amide bonds. The fourth-order valence-electron chi connectivity index (χ4n) is 1.52. The lowest BCUT2D eigenvalue weighted by molar-refractivity contribution is 0.201. The predicted molar refractivity (Wildman–Crippen MR) is 67.0 cm³/mol. The highest BCUT2D eigenvalue weighted by molar-refractivity contribution is 6.31. The van der Waals surface area contributed by atoms with E-state index in [-0.39, 0.29) is 6.10 Å². The largest absolute Gasteiger partial charge is 0.475 e. The van der Waals surface area contributed by atoms with Crippen LogP contribution in [-0.4, -0.2) is 18.1 Å². The highest BCUT2D eigenvalue weighted by Crippen LogP contribution is 2.20. The normalized spacial score (nSPS) is 12.5. The molecule has 1 atom stereocenters. The third-order valence-corrected chi connectivity index (χ3v) is 2.63. The van der Waals surface area contributed by atoms with E-state index >= 15 is 0 Å². The molecule has 0 saturated carbocycles. The first-order valence-electron chi connectivity index (χ1n) is 5.63. The maximum absolute atomic E-state index is 6.01. The second-order valence-corrected chi connectivity index (χ2v) is 4.27. The van der Waals surface area contributed by atoms with E-state index < -0.39 is 0 Å². The highest BCUT2D eigenvalue weighted by Gasteiger charge is 2.07. The minimum atomic E-state index is 0.195. The molecule has 1 aromatic heterocycles. The van der Waals surface area contributed by atoms with Gasteiger partial charge in [-0.1, -0.05) is 24.9 Å². The van der Waals surface area contributed by atoms with Gasteiger partial charge in [0.15, 0.2) is 0 Å². The first-order valence-corrected chi connectivity index (χ1v) is 6.00. The summed E-state index contributed by atoms with van der Waals surface area (Å²) in [5.74, 6) is 0.649. The predicted octanol–water partition coefficient (Wildman–Crippen LogP) is 3.02. The van der Waals surface area contributed by atoms with E-state index in [1.807, 2.05) is 13.1 Å². The van der Waals surface area contributed by atoms with Crippen molar-refractivity contribution >= 4 is 11.6 Å². The number of nitrogens with zero attached hydrogens (tertiary/aromatic N) is 1. The molecule has 1 unspecified atom stereocenters. The minimum absolute atomic E-state index is 0.195. The molecule has 3 nitrogen and oxygen atoms in total. The lowest BCUT2D eigenvalue weighted by atomic mass is 10.2. The molecule has 0 aliphatic carbocycles. The molecule has 0 saturated heterocycles. The topological polar surface area (TPSA) is 34.1 Å². The number of aromatic nitrogens is 1. The summed E-state index contributed by atoms with van der Waals surface area (Å²) < 4.78 is 5.70. The molecule has 1 N–H and O–H groups in total. The molecule has 0 aliphatic rings. The SMILES string of the molecule is CCCC(C)Oc1cc(CNC)c(Cl)cn1. The number of pyridine rings is 1. The third-order valence-electron chi connectivity index (χ3n) is 2.29. The summed E-state index contributed by atoms with van der Waals surface area (Å²) >= 11 is 6.01. The first kappa shape index (κ1) is 13.3. The summed E-state index contributed by atoms with van der Waals surface area (Å²) in [6.07, 6.45) is 3.98. The molecule has 16 heavy (non-hydrogen) atoms. The van der Waals surface area contributed by atoms with Crippen LogP contribution in [-0.2, 0) is 6.54 Å². The Morgan fingerprint density at radius 1 is 1.56 bits per heavy atom. The number of ether oxygens (including phenoxy) is 1. The van der Waals surface area contributed by atoms with E-state index in [1.165, 1.54) is 0 Å². The Morgan fingerprint density at radius 3 is 2.94 bits per heavy atom. The summed E-state index contributed by atoms with van der Waals surface area (Å²) in [6.45, 7) is 4.92. The van der Waals surface area contributed by atoms with Gasteiger partial charge < -0.3 is 10.1 Å². The summed E-state index contributed by atoms with van der Waals surface area (Å²) in [6, 6.07) is 1.89. The van der Waals surface area contributed by atoms with Gasteiger partial charge in [0.2, 0.25) is 5.88 Å². The smallest absolute Gasteiger partial charge is 0.213 e. The molecule has 0 bridgehead atoms. The molecule has 90 valence electrons. The Kier molecular flexibility index (Phi) is 5.56. The molecule has 0 radical (unpaired) electrons. The van der Waals surface area contributed by atoms with Crippen LogP contribution in [0.15, 0.2) is 12.3 Å². The van der Waals surface area contributed by atoms with E-state index in [2.05, 4.69) is 24.1 Å². The van der Waals surface area contributed by atoms with Gasteiger partial charge in [-0.2, -0.15) is 0 Å². The van der Waals surface area contributed by atoms with Gasteiger partial charge in [0.25, 0.3) is 0 Å². The van der Waals surface area contributed by atoms with Gasteiger partial charge in [0, 0.05) is 18.8 Å². The average molecular weight is 243 g/mol. The molecule has 0 aromatic carbocycles. The van der Waals surface area contributed by atoms with Gasteiger partial charge in [-0.05, 0) is 26.0 Å². The van der Waals surface area contributed by atoms with Gasteiger partial charge in [-0.3, -0.25) is 0 Å². The Morgan fingerprint density at radius 2 is 2.31 bits per heavy atom. The lowest BCUT2D eigenvalue weighted by Gasteiger charge is -2.14. The van der Waals surface area contributed by atoms with Crippen molar-refractivity contribution in [2.75, 3.05) is 7.05 Å². The van der Waals surface area contributed by atoms with Crippen LogP contribution in [0.1, 0.15) is 32.3 Å². The van der Waals surface area contributed by atoms with Crippen LogP contribution in [0.4, 0.5) is 0 Å². The summed E-state index contributed by atoms with van der Waals surface area (Å²) in [5, 5.41) is 3.73. The van der Waals surface area contributed by atoms with Gasteiger partial charge >= 0.3 is 0 Å². The van der Waals surface area contributed by atoms with Crippen LogP contribution < -0.4 is 10.1 Å². The number of rotatable bonds is 6. The van der Waals surface area contributed by atoms with Gasteiger partial charge in [0.05, 0.1) is 11.1 Å². The molecule has 0 fully saturated rings. The van der Waals surface area contributed by atoms with Crippen molar-refractivity contribution in [2.24, 2.45) is 0 Å².